The average Bonchev–Trinajstić information content (AvgIpc) is 3.25. The Morgan fingerprint density at radius 1 is 1.14 bits per heavy atom. The molecule has 35 heavy (non-hydrogen) atoms. The molecule has 0 saturated carbocycles. The van der Waals surface area contributed by atoms with Crippen molar-refractivity contribution < 1.29 is 13.2 Å². The van der Waals surface area contributed by atoms with E-state index in [9.17, 15) is 8.42 Å². The van der Waals surface area contributed by atoms with E-state index in [1.807, 2.05) is 47.0 Å². The molecule has 4 aromatic rings. The number of benzene rings is 1. The fourth-order valence-corrected chi connectivity index (χ4v) is 4.45. The monoisotopic (exact) mass is 488 g/mol. The minimum Gasteiger partial charge on any atom is -0.504 e. The van der Waals surface area contributed by atoms with E-state index >= 15 is 0 Å². The number of hydrogen-bond donors (Lipinski definition) is 2. The Balaban J connectivity index is 1.64. The lowest BCUT2D eigenvalue weighted by Gasteiger charge is -2.11. The summed E-state index contributed by atoms with van der Waals surface area (Å²) < 4.78 is 34.5. The Kier molecular flexibility index (Phi) is 7.04. The molecule has 0 atom stereocenters. The van der Waals surface area contributed by atoms with Gasteiger partial charge in [0.2, 0.25) is 10.0 Å². The molecule has 1 aromatic carbocycles. The Morgan fingerprint density at radius 2 is 1.89 bits per heavy atom. The molecule has 0 amide bonds. The number of sulfonamides is 1. The van der Waals surface area contributed by atoms with Crippen LogP contribution < -0.4 is 10.5 Å². The summed E-state index contributed by atoms with van der Waals surface area (Å²) in [7, 11) is -2.26. The van der Waals surface area contributed by atoms with Gasteiger partial charge in [-0.1, -0.05) is 18.7 Å². The summed E-state index contributed by atoms with van der Waals surface area (Å²) in [5, 5.41) is 0. The van der Waals surface area contributed by atoms with E-state index in [2.05, 4.69) is 21.3 Å². The third kappa shape index (κ3) is 5.13. The maximum Gasteiger partial charge on any atom is 0.240 e. The molecule has 0 aliphatic rings. The van der Waals surface area contributed by atoms with Crippen molar-refractivity contribution in [3.05, 3.63) is 102 Å². The summed E-state index contributed by atoms with van der Waals surface area (Å²) in [6, 6.07) is 14.8. The molecule has 3 heterocycles. The second kappa shape index (κ2) is 10.3. The van der Waals surface area contributed by atoms with E-state index in [4.69, 9.17) is 15.5 Å². The lowest BCUT2D eigenvalue weighted by Crippen LogP contribution is -2.24. The van der Waals surface area contributed by atoms with Gasteiger partial charge in [-0.3, -0.25) is 4.57 Å². The number of nitrogens with one attached hydrogen (secondary N) is 1. The minimum atomic E-state index is -3.74. The van der Waals surface area contributed by atoms with Crippen LogP contribution in [0.5, 0.6) is 0 Å². The molecular formula is C25H24N6O3S. The van der Waals surface area contributed by atoms with Gasteiger partial charge in [0.1, 0.15) is 11.3 Å². The van der Waals surface area contributed by atoms with E-state index < -0.39 is 10.0 Å². The van der Waals surface area contributed by atoms with Crippen LogP contribution in [0.15, 0.2) is 96.9 Å². The van der Waals surface area contributed by atoms with Gasteiger partial charge < -0.3 is 10.5 Å². The molecular weight excluding hydrogens is 464 g/mol. The van der Waals surface area contributed by atoms with Gasteiger partial charge in [-0.05, 0) is 60.2 Å². The Bertz CT molecular complexity index is 1520. The number of ether oxygens (including phenoxy) is 1. The van der Waals surface area contributed by atoms with E-state index in [1.54, 1.807) is 18.5 Å². The molecule has 0 unspecified atom stereocenters. The van der Waals surface area contributed by atoms with Gasteiger partial charge in [-0.15, -0.1) is 0 Å². The van der Waals surface area contributed by atoms with Crippen LogP contribution >= 0.6 is 0 Å². The van der Waals surface area contributed by atoms with E-state index in [-0.39, 0.29) is 11.4 Å². The van der Waals surface area contributed by atoms with E-state index in [0.29, 0.717) is 28.4 Å². The smallest absolute Gasteiger partial charge is 0.240 e. The van der Waals surface area contributed by atoms with Crippen LogP contribution in [-0.4, -0.2) is 35.0 Å². The molecule has 0 fully saturated rings. The quantitative estimate of drug-likeness (QED) is 0.272. The predicted octanol–water partition coefficient (Wildman–Crippen LogP) is 3.71. The maximum atomic E-state index is 12.6. The molecule has 0 aliphatic carbocycles. The van der Waals surface area contributed by atoms with Gasteiger partial charge in [0.15, 0.2) is 11.5 Å². The average molecular weight is 489 g/mol. The van der Waals surface area contributed by atoms with E-state index in [0.717, 1.165) is 11.3 Å². The van der Waals surface area contributed by atoms with Gasteiger partial charge in [-0.25, -0.2) is 28.1 Å². The predicted molar refractivity (Wildman–Crippen MR) is 137 cm³/mol. The zero-order valence-corrected chi connectivity index (χ0v) is 19.8. The minimum absolute atomic E-state index is 0.0390. The zero-order chi connectivity index (χ0) is 24.8. The summed E-state index contributed by atoms with van der Waals surface area (Å²) in [6.07, 6.45) is 8.87. The number of nitrogens with zero attached hydrogens (tertiary/aromatic N) is 4. The van der Waals surface area contributed by atoms with Gasteiger partial charge in [0.25, 0.3) is 0 Å². The van der Waals surface area contributed by atoms with Crippen molar-refractivity contribution in [2.45, 2.75) is 6.54 Å². The SMILES string of the molecule is C=C/C(=C\C=C\OC)S(=O)(=O)NCc1ccc(-n2c(-c3cccnc3N)nc3cccnc32)cc1. The van der Waals surface area contributed by atoms with Crippen LogP contribution in [-0.2, 0) is 21.3 Å². The molecule has 0 aliphatic heterocycles. The Morgan fingerprint density at radius 3 is 2.60 bits per heavy atom. The molecule has 0 spiro atoms. The third-order valence-corrected chi connectivity index (χ3v) is 6.59. The van der Waals surface area contributed by atoms with Crippen molar-refractivity contribution in [3.8, 4) is 17.1 Å². The van der Waals surface area contributed by atoms with Crippen LogP contribution in [0.2, 0.25) is 0 Å². The summed E-state index contributed by atoms with van der Waals surface area (Å²) in [4.78, 5) is 13.5. The van der Waals surface area contributed by atoms with Crippen molar-refractivity contribution in [2.24, 2.45) is 0 Å². The first kappa shape index (κ1) is 23.9. The van der Waals surface area contributed by atoms with E-state index in [1.165, 1.54) is 31.6 Å². The lowest BCUT2D eigenvalue weighted by atomic mass is 10.2. The Labute approximate surface area is 203 Å². The van der Waals surface area contributed by atoms with Crippen LogP contribution in [0.25, 0.3) is 28.2 Å². The summed E-state index contributed by atoms with van der Waals surface area (Å²) >= 11 is 0. The fourth-order valence-electron chi connectivity index (χ4n) is 3.45. The standard InChI is InChI=1S/C25H24N6O3S/c1-3-20(7-6-16-34-2)35(32,33)29-17-18-10-12-19(13-11-18)31-24(21-8-4-14-27-23(21)26)30-22-9-5-15-28-25(22)31/h3-16,29H,1,17H2,2H3,(H2,26,27)/b16-6+,20-7+. The number of methoxy groups -OCH3 is 1. The second-order valence-electron chi connectivity index (χ2n) is 7.38. The van der Waals surface area contributed by atoms with Crippen molar-refractivity contribution in [3.63, 3.8) is 0 Å². The van der Waals surface area contributed by atoms with Crippen LogP contribution in [0.4, 0.5) is 5.82 Å². The zero-order valence-electron chi connectivity index (χ0n) is 19.0. The summed E-state index contributed by atoms with van der Waals surface area (Å²) in [5.74, 6) is 0.976. The summed E-state index contributed by atoms with van der Waals surface area (Å²) in [6.45, 7) is 3.68. The van der Waals surface area contributed by atoms with Crippen LogP contribution in [0.3, 0.4) is 0 Å². The van der Waals surface area contributed by atoms with Gasteiger partial charge in [0, 0.05) is 24.6 Å². The second-order valence-corrected chi connectivity index (χ2v) is 9.15. The molecule has 9 nitrogen and oxygen atoms in total. The highest BCUT2D eigenvalue weighted by Gasteiger charge is 2.18. The molecule has 178 valence electrons. The van der Waals surface area contributed by atoms with Gasteiger partial charge in [0.05, 0.1) is 23.8 Å². The molecule has 4 rings (SSSR count). The highest BCUT2D eigenvalue weighted by atomic mass is 32.2. The number of rotatable bonds is 9. The van der Waals surface area contributed by atoms with Crippen molar-refractivity contribution >= 4 is 27.0 Å². The molecule has 0 saturated heterocycles. The first-order valence-electron chi connectivity index (χ1n) is 10.6. The molecule has 0 radical (unpaired) electrons. The van der Waals surface area contributed by atoms with Crippen molar-refractivity contribution in [1.82, 2.24) is 24.2 Å². The summed E-state index contributed by atoms with van der Waals surface area (Å²) in [5.41, 5.74) is 9.77. The van der Waals surface area contributed by atoms with Gasteiger partial charge in [-0.2, -0.15) is 0 Å². The van der Waals surface area contributed by atoms with Crippen LogP contribution in [0.1, 0.15) is 5.56 Å². The number of imidazole rings is 1. The maximum absolute atomic E-state index is 12.6. The number of pyridine rings is 2. The number of fused-ring (bicyclic) bond motifs is 1. The number of allylic oxidation sites excluding steroid dienone is 3. The first-order chi connectivity index (χ1) is 16.9. The highest BCUT2D eigenvalue weighted by molar-refractivity contribution is 7.93. The van der Waals surface area contributed by atoms with Crippen molar-refractivity contribution in [1.29, 1.82) is 0 Å². The third-order valence-electron chi connectivity index (χ3n) is 5.14. The molecule has 3 N–H and O–H groups in total. The number of hydrogen-bond acceptors (Lipinski definition) is 7. The molecule has 0 bridgehead atoms. The number of nitrogen functional groups attached to an aromatic ring is 1. The normalized spacial score (nSPS) is 12.3. The lowest BCUT2D eigenvalue weighted by molar-refractivity contribution is 0.338. The topological polar surface area (TPSA) is 125 Å². The highest BCUT2D eigenvalue weighted by Crippen LogP contribution is 2.30. The largest absolute Gasteiger partial charge is 0.504 e. The molecule has 10 heteroatoms. The fraction of sp³-hybridized carbons (Fsp3) is 0.0800. The number of anilines is 1. The van der Waals surface area contributed by atoms with Crippen molar-refractivity contribution in [2.75, 3.05) is 12.8 Å². The number of aromatic nitrogens is 4. The van der Waals surface area contributed by atoms with Gasteiger partial charge >= 0.3 is 0 Å². The first-order valence-corrected chi connectivity index (χ1v) is 12.1. The molecule has 3 aromatic heterocycles. The Hall–Kier alpha value is -4.28. The number of nitrogens with two attached hydrogens (primary N) is 1. The van der Waals surface area contributed by atoms with Crippen LogP contribution in [0, 0.1) is 0 Å².